The van der Waals surface area contributed by atoms with Gasteiger partial charge in [-0.15, -0.1) is 0 Å². The summed E-state index contributed by atoms with van der Waals surface area (Å²) in [7, 11) is 0. The van der Waals surface area contributed by atoms with Crippen molar-refractivity contribution in [3.63, 3.8) is 0 Å². The van der Waals surface area contributed by atoms with E-state index in [4.69, 9.17) is 14.2 Å². The van der Waals surface area contributed by atoms with Crippen molar-refractivity contribution in [2.75, 3.05) is 13.2 Å². The first-order chi connectivity index (χ1) is 13.8. The molecule has 2 heterocycles. The third kappa shape index (κ3) is 4.39. The molecule has 1 aromatic carbocycles. The number of esters is 1. The Bertz CT molecular complexity index is 916. The van der Waals surface area contributed by atoms with Crippen molar-refractivity contribution in [3.8, 4) is 11.5 Å². The van der Waals surface area contributed by atoms with Gasteiger partial charge in [0.2, 0.25) is 0 Å². The molecule has 1 amide bonds. The van der Waals surface area contributed by atoms with Gasteiger partial charge in [0.15, 0.2) is 11.5 Å². The summed E-state index contributed by atoms with van der Waals surface area (Å²) in [5.74, 6) is 0.706. The molecule has 29 heavy (non-hydrogen) atoms. The first-order valence-corrected chi connectivity index (χ1v) is 9.92. The molecule has 1 unspecified atom stereocenters. The van der Waals surface area contributed by atoms with E-state index in [9.17, 15) is 9.59 Å². The molecule has 2 aromatic rings. The van der Waals surface area contributed by atoms with Crippen molar-refractivity contribution in [3.05, 3.63) is 46.3 Å². The minimum Gasteiger partial charge on any atom is -0.486 e. The smallest absolute Gasteiger partial charge is 0.340 e. The predicted octanol–water partition coefficient (Wildman–Crippen LogP) is 3.85. The molecule has 156 valence electrons. The number of rotatable bonds is 6. The zero-order chi connectivity index (χ0) is 21.1. The summed E-state index contributed by atoms with van der Waals surface area (Å²) in [6.45, 7) is 10.1. The quantitative estimate of drug-likeness (QED) is 0.719. The molecule has 0 aliphatic carbocycles. The number of hydrogen-bond acceptors (Lipinski definition) is 5. The van der Waals surface area contributed by atoms with Crippen molar-refractivity contribution in [2.24, 2.45) is 0 Å². The average molecular weight is 400 g/mol. The highest BCUT2D eigenvalue weighted by molar-refractivity contribution is 6.00. The van der Waals surface area contributed by atoms with Crippen molar-refractivity contribution in [1.82, 2.24) is 10.3 Å². The standard InChI is InChI=1S/C22H28N2O5/c1-6-16(15-7-8-17-18(11-15)28-10-9-27-17)24-21(25)20-13(4)19(14(5)23-20)22(26)29-12(2)3/h7-8,11-12,16,23H,6,9-10H2,1-5H3,(H,24,25). The Kier molecular flexibility index (Phi) is 6.15. The van der Waals surface area contributed by atoms with Gasteiger partial charge >= 0.3 is 5.97 Å². The Labute approximate surface area is 170 Å². The molecule has 2 N–H and O–H groups in total. The molecule has 0 fully saturated rings. The van der Waals surface area contributed by atoms with Crippen LogP contribution in [0.5, 0.6) is 11.5 Å². The van der Waals surface area contributed by atoms with Gasteiger partial charge < -0.3 is 24.5 Å². The van der Waals surface area contributed by atoms with Gasteiger partial charge in [0.1, 0.15) is 18.9 Å². The topological polar surface area (TPSA) is 89.7 Å². The third-order valence-corrected chi connectivity index (χ3v) is 4.89. The maximum atomic E-state index is 13.0. The third-order valence-electron chi connectivity index (χ3n) is 4.89. The highest BCUT2D eigenvalue weighted by Gasteiger charge is 2.25. The maximum Gasteiger partial charge on any atom is 0.340 e. The summed E-state index contributed by atoms with van der Waals surface area (Å²) in [4.78, 5) is 28.4. The fourth-order valence-corrected chi connectivity index (χ4v) is 3.48. The van der Waals surface area contributed by atoms with E-state index in [0.717, 1.165) is 5.56 Å². The first-order valence-electron chi connectivity index (χ1n) is 9.92. The zero-order valence-electron chi connectivity index (χ0n) is 17.5. The van der Waals surface area contributed by atoms with E-state index in [1.165, 1.54) is 0 Å². The average Bonchev–Trinajstić information content (AvgIpc) is 2.99. The molecule has 0 saturated carbocycles. The number of aromatic nitrogens is 1. The van der Waals surface area contributed by atoms with Gasteiger partial charge in [0.05, 0.1) is 17.7 Å². The number of fused-ring (bicyclic) bond motifs is 1. The number of amides is 1. The maximum absolute atomic E-state index is 13.0. The second-order valence-corrected chi connectivity index (χ2v) is 7.42. The molecule has 0 radical (unpaired) electrons. The van der Waals surface area contributed by atoms with E-state index >= 15 is 0 Å². The fourth-order valence-electron chi connectivity index (χ4n) is 3.48. The first kappa shape index (κ1) is 20.8. The van der Waals surface area contributed by atoms with Crippen LogP contribution in [0.15, 0.2) is 18.2 Å². The van der Waals surface area contributed by atoms with E-state index in [1.54, 1.807) is 27.7 Å². The minimum atomic E-state index is -0.427. The lowest BCUT2D eigenvalue weighted by Crippen LogP contribution is -2.29. The van der Waals surface area contributed by atoms with Crippen LogP contribution in [0.4, 0.5) is 0 Å². The number of aryl methyl sites for hydroxylation is 1. The molecule has 3 rings (SSSR count). The summed E-state index contributed by atoms with van der Waals surface area (Å²) in [5, 5.41) is 3.05. The van der Waals surface area contributed by atoms with Gasteiger partial charge in [0.25, 0.3) is 5.91 Å². The van der Waals surface area contributed by atoms with Crippen LogP contribution in [-0.2, 0) is 4.74 Å². The molecule has 1 aromatic heterocycles. The Hall–Kier alpha value is -2.96. The number of nitrogens with one attached hydrogen (secondary N) is 2. The largest absolute Gasteiger partial charge is 0.486 e. The highest BCUT2D eigenvalue weighted by Crippen LogP contribution is 2.33. The van der Waals surface area contributed by atoms with Crippen molar-refractivity contribution in [1.29, 1.82) is 0 Å². The Morgan fingerprint density at radius 1 is 1.17 bits per heavy atom. The lowest BCUT2D eigenvalue weighted by molar-refractivity contribution is 0.0376. The molecule has 7 heteroatoms. The summed E-state index contributed by atoms with van der Waals surface area (Å²) < 4.78 is 16.5. The number of aromatic amines is 1. The van der Waals surface area contributed by atoms with Gasteiger partial charge in [-0.3, -0.25) is 4.79 Å². The van der Waals surface area contributed by atoms with Crippen LogP contribution in [0.1, 0.15) is 70.9 Å². The molecular formula is C22H28N2O5. The van der Waals surface area contributed by atoms with Crippen LogP contribution < -0.4 is 14.8 Å². The van der Waals surface area contributed by atoms with Crippen molar-refractivity contribution < 1.29 is 23.8 Å². The lowest BCUT2D eigenvalue weighted by atomic mass is 10.0. The van der Waals surface area contributed by atoms with Gasteiger partial charge in [0, 0.05) is 5.69 Å². The van der Waals surface area contributed by atoms with Crippen molar-refractivity contribution >= 4 is 11.9 Å². The van der Waals surface area contributed by atoms with E-state index < -0.39 is 5.97 Å². The zero-order valence-corrected chi connectivity index (χ0v) is 17.5. The number of H-pyrrole nitrogens is 1. The van der Waals surface area contributed by atoms with Gasteiger partial charge in [-0.05, 0) is 57.4 Å². The van der Waals surface area contributed by atoms with Crippen LogP contribution in [0.2, 0.25) is 0 Å². The number of carbonyl (C=O) groups is 2. The Morgan fingerprint density at radius 2 is 1.86 bits per heavy atom. The second-order valence-electron chi connectivity index (χ2n) is 7.42. The Balaban J connectivity index is 1.81. The Morgan fingerprint density at radius 3 is 2.52 bits per heavy atom. The molecule has 1 aliphatic rings. The molecular weight excluding hydrogens is 372 g/mol. The van der Waals surface area contributed by atoms with Crippen LogP contribution in [0.25, 0.3) is 0 Å². The van der Waals surface area contributed by atoms with Gasteiger partial charge in [-0.2, -0.15) is 0 Å². The van der Waals surface area contributed by atoms with E-state index in [-0.39, 0.29) is 18.1 Å². The molecule has 7 nitrogen and oxygen atoms in total. The SMILES string of the molecule is CCC(NC(=O)c1[nH]c(C)c(C(=O)OC(C)C)c1C)c1ccc2c(c1)OCCO2. The summed E-state index contributed by atoms with van der Waals surface area (Å²) in [6.07, 6.45) is 0.472. The van der Waals surface area contributed by atoms with Crippen LogP contribution in [0.3, 0.4) is 0 Å². The molecule has 0 saturated heterocycles. The van der Waals surface area contributed by atoms with E-state index in [2.05, 4.69) is 10.3 Å². The fraction of sp³-hybridized carbons (Fsp3) is 0.455. The molecule has 1 atom stereocenters. The molecule has 0 spiro atoms. The summed E-state index contributed by atoms with van der Waals surface area (Å²) in [5.41, 5.74) is 2.92. The number of benzene rings is 1. The van der Waals surface area contributed by atoms with Crippen molar-refractivity contribution in [2.45, 2.75) is 53.2 Å². The highest BCUT2D eigenvalue weighted by atomic mass is 16.6. The van der Waals surface area contributed by atoms with Gasteiger partial charge in [-0.1, -0.05) is 13.0 Å². The lowest BCUT2D eigenvalue weighted by Gasteiger charge is -2.22. The number of hydrogen-bond donors (Lipinski definition) is 2. The number of carbonyl (C=O) groups excluding carboxylic acids is 2. The minimum absolute atomic E-state index is 0.201. The summed E-state index contributed by atoms with van der Waals surface area (Å²) >= 11 is 0. The van der Waals surface area contributed by atoms with Gasteiger partial charge in [-0.25, -0.2) is 4.79 Å². The monoisotopic (exact) mass is 400 g/mol. The summed E-state index contributed by atoms with van der Waals surface area (Å²) in [6, 6.07) is 5.50. The molecule has 1 aliphatic heterocycles. The van der Waals surface area contributed by atoms with E-state index in [1.807, 2.05) is 25.1 Å². The predicted molar refractivity (Wildman–Crippen MR) is 109 cm³/mol. The molecule has 0 bridgehead atoms. The second kappa shape index (κ2) is 8.59. The normalized spacial score (nSPS) is 13.9. The van der Waals surface area contributed by atoms with Crippen LogP contribution in [-0.4, -0.2) is 36.2 Å². The van der Waals surface area contributed by atoms with E-state index in [0.29, 0.717) is 53.6 Å². The van der Waals surface area contributed by atoms with Crippen LogP contribution >= 0.6 is 0 Å². The van der Waals surface area contributed by atoms with Crippen LogP contribution in [0, 0.1) is 13.8 Å². The number of ether oxygens (including phenoxy) is 3.